The third-order valence-corrected chi connectivity index (χ3v) is 1.79. The lowest BCUT2D eigenvalue weighted by atomic mass is 10.1. The second kappa shape index (κ2) is 2.88. The second-order valence-corrected chi connectivity index (χ2v) is 2.54. The largest absolute Gasteiger partial charge is 0.465 e. The SMILES string of the molecule is NC1CCCCN1C(=O)O. The Morgan fingerprint density at radius 3 is 2.70 bits per heavy atom. The quantitative estimate of drug-likeness (QED) is 0.518. The van der Waals surface area contributed by atoms with Gasteiger partial charge >= 0.3 is 6.09 Å². The number of hydrogen-bond acceptors (Lipinski definition) is 2. The number of amides is 1. The van der Waals surface area contributed by atoms with Crippen LogP contribution in [0.3, 0.4) is 0 Å². The first-order chi connectivity index (χ1) is 4.72. The van der Waals surface area contributed by atoms with E-state index in [0.717, 1.165) is 19.3 Å². The highest BCUT2D eigenvalue weighted by molar-refractivity contribution is 5.65. The number of hydrogen-bond donors (Lipinski definition) is 2. The molecule has 0 aromatic rings. The Labute approximate surface area is 59.6 Å². The van der Waals surface area contributed by atoms with Crippen LogP contribution in [0.15, 0.2) is 0 Å². The van der Waals surface area contributed by atoms with E-state index in [1.165, 1.54) is 4.90 Å². The number of carbonyl (C=O) groups is 1. The number of likely N-dealkylation sites (tertiary alicyclic amines) is 1. The molecule has 10 heavy (non-hydrogen) atoms. The summed E-state index contributed by atoms with van der Waals surface area (Å²) in [4.78, 5) is 11.7. The van der Waals surface area contributed by atoms with Crippen molar-refractivity contribution in [2.45, 2.75) is 25.4 Å². The van der Waals surface area contributed by atoms with Crippen LogP contribution in [0.25, 0.3) is 0 Å². The standard InChI is InChI=1S/C6H12N2O2/c7-5-3-1-2-4-8(5)6(9)10/h5H,1-4,7H2,(H,9,10). The van der Waals surface area contributed by atoms with E-state index in [0.29, 0.717) is 6.54 Å². The summed E-state index contributed by atoms with van der Waals surface area (Å²) in [5, 5.41) is 8.55. The van der Waals surface area contributed by atoms with E-state index in [9.17, 15) is 4.79 Å². The predicted molar refractivity (Wildman–Crippen MR) is 36.6 cm³/mol. The summed E-state index contributed by atoms with van der Waals surface area (Å²) in [6.45, 7) is 0.594. The molecule has 0 spiro atoms. The first-order valence-electron chi connectivity index (χ1n) is 3.47. The Morgan fingerprint density at radius 1 is 1.60 bits per heavy atom. The summed E-state index contributed by atoms with van der Waals surface area (Å²) in [5.41, 5.74) is 5.52. The van der Waals surface area contributed by atoms with Crippen LogP contribution >= 0.6 is 0 Å². The van der Waals surface area contributed by atoms with Crippen molar-refractivity contribution in [3.63, 3.8) is 0 Å². The maximum absolute atomic E-state index is 10.4. The molecule has 1 heterocycles. The zero-order valence-corrected chi connectivity index (χ0v) is 5.79. The van der Waals surface area contributed by atoms with E-state index in [1.54, 1.807) is 0 Å². The molecule has 1 fully saturated rings. The van der Waals surface area contributed by atoms with Gasteiger partial charge in [-0.15, -0.1) is 0 Å². The van der Waals surface area contributed by atoms with Crippen LogP contribution in [-0.4, -0.2) is 28.8 Å². The minimum Gasteiger partial charge on any atom is -0.465 e. The molecule has 1 aliphatic heterocycles. The highest BCUT2D eigenvalue weighted by atomic mass is 16.4. The molecule has 58 valence electrons. The molecule has 1 aliphatic rings. The molecule has 1 rings (SSSR count). The lowest BCUT2D eigenvalue weighted by molar-refractivity contribution is 0.109. The van der Waals surface area contributed by atoms with E-state index in [-0.39, 0.29) is 6.17 Å². The van der Waals surface area contributed by atoms with Gasteiger partial charge in [-0.2, -0.15) is 0 Å². The van der Waals surface area contributed by atoms with Crippen molar-refractivity contribution in [1.82, 2.24) is 4.90 Å². The van der Waals surface area contributed by atoms with Gasteiger partial charge in [0.15, 0.2) is 0 Å². The normalized spacial score (nSPS) is 26.5. The summed E-state index contributed by atoms with van der Waals surface area (Å²) in [6, 6.07) is 0. The molecule has 3 N–H and O–H groups in total. The van der Waals surface area contributed by atoms with Gasteiger partial charge in [-0.1, -0.05) is 0 Å². The maximum atomic E-state index is 10.4. The molecule has 1 saturated heterocycles. The first-order valence-corrected chi connectivity index (χ1v) is 3.47. The molecule has 4 nitrogen and oxygen atoms in total. The third-order valence-electron chi connectivity index (χ3n) is 1.79. The molecule has 0 bridgehead atoms. The summed E-state index contributed by atoms with van der Waals surface area (Å²) in [5.74, 6) is 0. The van der Waals surface area contributed by atoms with Crippen LogP contribution < -0.4 is 5.73 Å². The Hall–Kier alpha value is -0.770. The van der Waals surface area contributed by atoms with Crippen molar-refractivity contribution in [3.05, 3.63) is 0 Å². The predicted octanol–water partition coefficient (Wildman–Crippen LogP) is 0.435. The molecular weight excluding hydrogens is 132 g/mol. The van der Waals surface area contributed by atoms with Crippen molar-refractivity contribution in [1.29, 1.82) is 0 Å². The summed E-state index contributed by atoms with van der Waals surface area (Å²) in [7, 11) is 0. The molecule has 0 aliphatic carbocycles. The van der Waals surface area contributed by atoms with Crippen LogP contribution in [0.4, 0.5) is 4.79 Å². The highest BCUT2D eigenvalue weighted by Gasteiger charge is 2.22. The molecule has 1 amide bonds. The van der Waals surface area contributed by atoms with Gasteiger partial charge in [0, 0.05) is 6.54 Å². The number of nitrogens with zero attached hydrogens (tertiary/aromatic N) is 1. The summed E-state index contributed by atoms with van der Waals surface area (Å²) in [6.07, 6.45) is 1.62. The zero-order chi connectivity index (χ0) is 7.56. The van der Waals surface area contributed by atoms with E-state index in [4.69, 9.17) is 10.8 Å². The maximum Gasteiger partial charge on any atom is 0.408 e. The Balaban J connectivity index is 2.47. The minimum absolute atomic E-state index is 0.272. The molecular formula is C6H12N2O2. The van der Waals surface area contributed by atoms with Gasteiger partial charge in [0.05, 0.1) is 6.17 Å². The van der Waals surface area contributed by atoms with Crippen molar-refractivity contribution < 1.29 is 9.90 Å². The average Bonchev–Trinajstić information content (AvgIpc) is 1.88. The molecule has 0 aromatic heterocycles. The van der Waals surface area contributed by atoms with Crippen molar-refractivity contribution >= 4 is 6.09 Å². The number of piperidine rings is 1. The summed E-state index contributed by atoms with van der Waals surface area (Å²) >= 11 is 0. The van der Waals surface area contributed by atoms with E-state index in [1.807, 2.05) is 0 Å². The highest BCUT2D eigenvalue weighted by Crippen LogP contribution is 2.12. The molecule has 1 unspecified atom stereocenters. The van der Waals surface area contributed by atoms with Gasteiger partial charge in [0.1, 0.15) is 0 Å². The van der Waals surface area contributed by atoms with E-state index in [2.05, 4.69) is 0 Å². The van der Waals surface area contributed by atoms with Crippen LogP contribution in [0.5, 0.6) is 0 Å². The van der Waals surface area contributed by atoms with E-state index < -0.39 is 6.09 Å². The Bertz CT molecular complexity index is 138. The molecule has 0 aromatic carbocycles. The van der Waals surface area contributed by atoms with Crippen LogP contribution in [-0.2, 0) is 0 Å². The first kappa shape index (κ1) is 7.34. The number of rotatable bonds is 0. The van der Waals surface area contributed by atoms with Crippen LogP contribution in [0.1, 0.15) is 19.3 Å². The van der Waals surface area contributed by atoms with Crippen molar-refractivity contribution in [2.24, 2.45) is 5.73 Å². The van der Waals surface area contributed by atoms with Gasteiger partial charge in [-0.3, -0.25) is 4.90 Å². The van der Waals surface area contributed by atoms with Gasteiger partial charge < -0.3 is 10.8 Å². The Morgan fingerprint density at radius 2 is 2.30 bits per heavy atom. The van der Waals surface area contributed by atoms with Crippen LogP contribution in [0, 0.1) is 0 Å². The lowest BCUT2D eigenvalue weighted by Crippen LogP contribution is -2.48. The fraction of sp³-hybridized carbons (Fsp3) is 0.833. The average molecular weight is 144 g/mol. The fourth-order valence-electron chi connectivity index (χ4n) is 1.19. The second-order valence-electron chi connectivity index (χ2n) is 2.54. The number of nitrogens with two attached hydrogens (primary N) is 1. The Kier molecular flexibility index (Phi) is 2.11. The zero-order valence-electron chi connectivity index (χ0n) is 5.79. The van der Waals surface area contributed by atoms with Gasteiger partial charge in [0.2, 0.25) is 0 Å². The smallest absolute Gasteiger partial charge is 0.408 e. The summed E-state index contributed by atoms with van der Waals surface area (Å²) < 4.78 is 0. The monoisotopic (exact) mass is 144 g/mol. The van der Waals surface area contributed by atoms with Crippen molar-refractivity contribution in [2.75, 3.05) is 6.54 Å². The minimum atomic E-state index is -0.896. The van der Waals surface area contributed by atoms with Gasteiger partial charge in [-0.25, -0.2) is 4.79 Å². The third kappa shape index (κ3) is 1.39. The van der Waals surface area contributed by atoms with Gasteiger partial charge in [0.25, 0.3) is 0 Å². The van der Waals surface area contributed by atoms with E-state index >= 15 is 0 Å². The van der Waals surface area contributed by atoms with Gasteiger partial charge in [-0.05, 0) is 19.3 Å². The molecule has 1 atom stereocenters. The topological polar surface area (TPSA) is 66.6 Å². The van der Waals surface area contributed by atoms with Crippen LogP contribution in [0.2, 0.25) is 0 Å². The molecule has 0 saturated carbocycles. The lowest BCUT2D eigenvalue weighted by Gasteiger charge is -2.30. The number of carboxylic acid groups (broad SMARTS) is 1. The molecule has 4 heteroatoms. The van der Waals surface area contributed by atoms with Crippen molar-refractivity contribution in [3.8, 4) is 0 Å². The molecule has 0 radical (unpaired) electrons. The fourth-order valence-corrected chi connectivity index (χ4v) is 1.19.